The molecule has 1 fully saturated rings. The van der Waals surface area contributed by atoms with Gasteiger partial charge in [-0.3, -0.25) is 4.79 Å². The fraction of sp³-hybridized carbons (Fsp3) is 0.571. The minimum Gasteiger partial charge on any atom is -0.356 e. The van der Waals surface area contributed by atoms with Crippen LogP contribution in [0.4, 0.5) is 0 Å². The summed E-state index contributed by atoms with van der Waals surface area (Å²) < 4.78 is 5.27. The lowest BCUT2D eigenvalue weighted by Gasteiger charge is -2.30. The second kappa shape index (κ2) is 9.65. The van der Waals surface area contributed by atoms with Gasteiger partial charge >= 0.3 is 0 Å². The number of nitrogens with one attached hydrogen (secondary N) is 1. The normalized spacial score (nSPS) is 15.8. The maximum absolute atomic E-state index is 12.0. The lowest BCUT2D eigenvalue weighted by Crippen LogP contribution is -2.35. The van der Waals surface area contributed by atoms with Crippen LogP contribution in [-0.2, 0) is 11.2 Å². The molecule has 0 unspecified atom stereocenters. The van der Waals surface area contributed by atoms with Crippen LogP contribution >= 0.6 is 0 Å². The summed E-state index contributed by atoms with van der Waals surface area (Å²) in [5.74, 6) is 1.97. The number of hydrogen-bond acceptors (Lipinski definition) is 5. The van der Waals surface area contributed by atoms with Crippen LogP contribution in [0.1, 0.15) is 44.1 Å². The molecule has 1 aromatic heterocycles. The third-order valence-corrected chi connectivity index (χ3v) is 5.19. The molecule has 2 aromatic rings. The first-order chi connectivity index (χ1) is 13.1. The van der Waals surface area contributed by atoms with E-state index in [1.165, 1.54) is 31.5 Å². The Morgan fingerprint density at radius 1 is 1.26 bits per heavy atom. The minimum atomic E-state index is 0.0392. The highest BCUT2D eigenvalue weighted by Crippen LogP contribution is 2.17. The zero-order chi connectivity index (χ0) is 19.1. The van der Waals surface area contributed by atoms with Gasteiger partial charge in [0.2, 0.25) is 17.6 Å². The molecule has 1 aliphatic heterocycles. The molecule has 1 aliphatic rings. The predicted molar refractivity (Wildman–Crippen MR) is 105 cm³/mol. The molecular weight excluding hydrogens is 340 g/mol. The molecule has 3 rings (SSSR count). The summed E-state index contributed by atoms with van der Waals surface area (Å²) in [5, 5.41) is 6.99. The Kier molecular flexibility index (Phi) is 6.98. The van der Waals surface area contributed by atoms with Crippen LogP contribution in [0.15, 0.2) is 28.8 Å². The van der Waals surface area contributed by atoms with Crippen molar-refractivity contribution < 1.29 is 9.32 Å². The summed E-state index contributed by atoms with van der Waals surface area (Å²) in [4.78, 5) is 18.9. The summed E-state index contributed by atoms with van der Waals surface area (Å²) in [6.45, 7) is 8.53. The van der Waals surface area contributed by atoms with Gasteiger partial charge in [0.25, 0.3) is 0 Å². The van der Waals surface area contributed by atoms with Gasteiger partial charge in [-0.05, 0) is 51.7 Å². The molecule has 0 atom stereocenters. The predicted octanol–water partition coefficient (Wildman–Crippen LogP) is 3.22. The number of rotatable bonds is 8. The number of piperidine rings is 1. The second-order valence-electron chi connectivity index (χ2n) is 7.61. The number of aromatic nitrogens is 2. The first kappa shape index (κ1) is 19.5. The van der Waals surface area contributed by atoms with Crippen molar-refractivity contribution in [2.75, 3.05) is 26.2 Å². The molecular formula is C21H30N4O2. The molecule has 2 heterocycles. The van der Waals surface area contributed by atoms with Crippen LogP contribution in [0.2, 0.25) is 0 Å². The van der Waals surface area contributed by atoms with Crippen molar-refractivity contribution in [2.24, 2.45) is 5.92 Å². The quantitative estimate of drug-likeness (QED) is 0.723. The number of aryl methyl sites for hydroxylation is 2. The van der Waals surface area contributed by atoms with E-state index >= 15 is 0 Å². The zero-order valence-electron chi connectivity index (χ0n) is 16.4. The monoisotopic (exact) mass is 370 g/mol. The maximum Gasteiger partial charge on any atom is 0.227 e. The SMILES string of the molecule is Cc1ccc(-c2noc(CCC(=O)NCCCN3CCC(C)CC3)n2)cc1. The van der Waals surface area contributed by atoms with Crippen molar-refractivity contribution in [3.8, 4) is 11.4 Å². The number of nitrogens with zero attached hydrogens (tertiary/aromatic N) is 3. The molecule has 6 heteroatoms. The number of benzene rings is 1. The van der Waals surface area contributed by atoms with Gasteiger partial charge in [0.15, 0.2) is 0 Å². The van der Waals surface area contributed by atoms with E-state index in [9.17, 15) is 4.79 Å². The molecule has 0 saturated carbocycles. The highest BCUT2D eigenvalue weighted by molar-refractivity contribution is 5.75. The van der Waals surface area contributed by atoms with Gasteiger partial charge in [-0.1, -0.05) is 41.9 Å². The largest absolute Gasteiger partial charge is 0.356 e. The molecule has 1 N–H and O–H groups in total. The molecule has 1 aromatic carbocycles. The van der Waals surface area contributed by atoms with Gasteiger partial charge in [-0.25, -0.2) is 0 Å². The summed E-state index contributed by atoms with van der Waals surface area (Å²) >= 11 is 0. The third-order valence-electron chi connectivity index (χ3n) is 5.19. The van der Waals surface area contributed by atoms with Crippen LogP contribution in [0, 0.1) is 12.8 Å². The van der Waals surface area contributed by atoms with E-state index < -0.39 is 0 Å². The van der Waals surface area contributed by atoms with Crippen LogP contribution in [-0.4, -0.2) is 47.1 Å². The van der Waals surface area contributed by atoms with Gasteiger partial charge < -0.3 is 14.7 Å². The molecule has 146 valence electrons. The van der Waals surface area contributed by atoms with Crippen molar-refractivity contribution in [1.82, 2.24) is 20.4 Å². The topological polar surface area (TPSA) is 71.3 Å². The summed E-state index contributed by atoms with van der Waals surface area (Å²) in [5.41, 5.74) is 2.11. The van der Waals surface area contributed by atoms with E-state index in [1.807, 2.05) is 31.2 Å². The number of carbonyl (C=O) groups is 1. The Hall–Kier alpha value is -2.21. The molecule has 0 aliphatic carbocycles. The summed E-state index contributed by atoms with van der Waals surface area (Å²) in [7, 11) is 0. The lowest BCUT2D eigenvalue weighted by atomic mass is 9.99. The van der Waals surface area contributed by atoms with Crippen LogP contribution in [0.3, 0.4) is 0 Å². The fourth-order valence-electron chi connectivity index (χ4n) is 3.30. The van der Waals surface area contributed by atoms with Crippen molar-refractivity contribution in [2.45, 2.75) is 46.0 Å². The van der Waals surface area contributed by atoms with E-state index in [0.717, 1.165) is 31.0 Å². The van der Waals surface area contributed by atoms with Gasteiger partial charge in [0, 0.05) is 24.9 Å². The van der Waals surface area contributed by atoms with E-state index in [1.54, 1.807) is 0 Å². The zero-order valence-corrected chi connectivity index (χ0v) is 16.4. The molecule has 1 saturated heterocycles. The van der Waals surface area contributed by atoms with Crippen molar-refractivity contribution >= 4 is 5.91 Å². The van der Waals surface area contributed by atoms with Crippen LogP contribution in [0.25, 0.3) is 11.4 Å². The van der Waals surface area contributed by atoms with Gasteiger partial charge in [0.05, 0.1) is 0 Å². The van der Waals surface area contributed by atoms with Crippen molar-refractivity contribution in [1.29, 1.82) is 0 Å². The molecule has 0 radical (unpaired) electrons. The van der Waals surface area contributed by atoms with Crippen LogP contribution in [0.5, 0.6) is 0 Å². The number of carbonyl (C=O) groups excluding carboxylic acids is 1. The Morgan fingerprint density at radius 2 is 2.00 bits per heavy atom. The Morgan fingerprint density at radius 3 is 2.74 bits per heavy atom. The Labute approximate surface area is 161 Å². The third kappa shape index (κ3) is 6.17. The second-order valence-corrected chi connectivity index (χ2v) is 7.61. The standard InChI is InChI=1S/C21H30N4O2/c1-16-4-6-18(7-5-16)21-23-20(27-24-21)9-8-19(26)22-12-3-13-25-14-10-17(2)11-15-25/h4-7,17H,3,8-15H2,1-2H3,(H,22,26). The van der Waals surface area contributed by atoms with Crippen molar-refractivity contribution in [3.63, 3.8) is 0 Å². The maximum atomic E-state index is 12.0. The van der Waals surface area contributed by atoms with E-state index in [2.05, 4.69) is 27.3 Å². The molecule has 27 heavy (non-hydrogen) atoms. The fourth-order valence-corrected chi connectivity index (χ4v) is 3.30. The summed E-state index contributed by atoms with van der Waals surface area (Å²) in [6, 6.07) is 7.98. The molecule has 1 amide bonds. The summed E-state index contributed by atoms with van der Waals surface area (Å²) in [6.07, 6.45) is 4.42. The smallest absolute Gasteiger partial charge is 0.227 e. The van der Waals surface area contributed by atoms with E-state index in [4.69, 9.17) is 4.52 Å². The lowest BCUT2D eigenvalue weighted by molar-refractivity contribution is -0.121. The van der Waals surface area contributed by atoms with Gasteiger partial charge in [0.1, 0.15) is 0 Å². The molecule has 6 nitrogen and oxygen atoms in total. The van der Waals surface area contributed by atoms with E-state index in [-0.39, 0.29) is 5.91 Å². The van der Waals surface area contributed by atoms with Crippen molar-refractivity contribution in [3.05, 3.63) is 35.7 Å². The van der Waals surface area contributed by atoms with E-state index in [0.29, 0.717) is 24.6 Å². The highest BCUT2D eigenvalue weighted by atomic mass is 16.5. The molecule has 0 spiro atoms. The minimum absolute atomic E-state index is 0.0392. The number of likely N-dealkylation sites (tertiary alicyclic amines) is 1. The van der Waals surface area contributed by atoms with Gasteiger partial charge in [-0.2, -0.15) is 4.98 Å². The molecule has 0 bridgehead atoms. The number of amides is 1. The van der Waals surface area contributed by atoms with Crippen LogP contribution < -0.4 is 5.32 Å². The number of hydrogen-bond donors (Lipinski definition) is 1. The first-order valence-electron chi connectivity index (χ1n) is 9.99. The Balaban J connectivity index is 1.33. The van der Waals surface area contributed by atoms with Gasteiger partial charge in [-0.15, -0.1) is 0 Å². The Bertz CT molecular complexity index is 718. The first-order valence-corrected chi connectivity index (χ1v) is 9.99. The average molecular weight is 370 g/mol. The highest BCUT2D eigenvalue weighted by Gasteiger charge is 2.15. The average Bonchev–Trinajstić information content (AvgIpc) is 3.14.